The zero-order valence-corrected chi connectivity index (χ0v) is 23.8. The van der Waals surface area contributed by atoms with Crippen LogP contribution in [-0.4, -0.2) is 39.8 Å². The molecule has 0 saturated carbocycles. The van der Waals surface area contributed by atoms with E-state index in [1.54, 1.807) is 38.1 Å². The molecule has 3 aromatic rings. The number of aryl methyl sites for hydroxylation is 2. The Balaban J connectivity index is 0. The number of nitrogens with zero attached hydrogens (tertiary/aromatic N) is 3. The molecule has 3 heterocycles. The average Bonchev–Trinajstić information content (AvgIpc) is 2.79. The summed E-state index contributed by atoms with van der Waals surface area (Å²) in [6.07, 6.45) is 10.2. The van der Waals surface area contributed by atoms with Crippen molar-refractivity contribution in [1.29, 1.82) is 0 Å². The van der Waals surface area contributed by atoms with E-state index in [4.69, 9.17) is 9.47 Å². The molecule has 0 fully saturated rings. The molecule has 0 aromatic carbocycles. The molecule has 0 aliphatic heterocycles. The molecule has 0 spiro atoms. The van der Waals surface area contributed by atoms with E-state index < -0.39 is 0 Å². The van der Waals surface area contributed by atoms with Gasteiger partial charge in [-0.05, 0) is 66.0 Å². The van der Waals surface area contributed by atoms with Crippen LogP contribution in [0.15, 0.2) is 66.4 Å². The number of hydrogen-bond acceptors (Lipinski definition) is 6. The number of ether oxygens (including phenoxy) is 2. The number of rotatable bonds is 6. The lowest BCUT2D eigenvalue weighted by atomic mass is 10.2. The van der Waals surface area contributed by atoms with Crippen LogP contribution in [0.4, 0.5) is 0 Å². The fourth-order valence-corrected chi connectivity index (χ4v) is 2.92. The smallest absolute Gasteiger partial charge is 0.174 e. The normalized spacial score (nSPS) is 8.88. The Hall–Kier alpha value is -2.10. The second-order valence-electron chi connectivity index (χ2n) is 6.46. The molecule has 6 nitrogen and oxygen atoms in total. The van der Waals surface area contributed by atoms with Crippen molar-refractivity contribution in [3.63, 3.8) is 0 Å². The lowest BCUT2D eigenvalue weighted by Gasteiger charge is -2.06. The highest BCUT2D eigenvalue weighted by atomic mass is 79.9. The third kappa shape index (κ3) is 13.6. The number of ketones is 1. The first-order valence-electron chi connectivity index (χ1n) is 9.69. The highest BCUT2D eigenvalue weighted by Gasteiger charge is 2.02. The number of hydrogen-bond donors (Lipinski definition) is 0. The van der Waals surface area contributed by atoms with Crippen LogP contribution in [0.2, 0.25) is 0 Å². The number of alkyl halides is 1. The summed E-state index contributed by atoms with van der Waals surface area (Å²) in [5.74, 6) is 1.53. The Bertz CT molecular complexity index is 1020. The van der Waals surface area contributed by atoms with Gasteiger partial charge in [-0.2, -0.15) is 0 Å². The van der Waals surface area contributed by atoms with E-state index in [0.29, 0.717) is 23.3 Å². The van der Waals surface area contributed by atoms with E-state index in [1.165, 1.54) is 0 Å². The molecule has 3 aromatic heterocycles. The molecule has 34 heavy (non-hydrogen) atoms. The number of methoxy groups -OCH3 is 1. The van der Waals surface area contributed by atoms with Gasteiger partial charge in [-0.1, -0.05) is 29.9 Å². The maximum absolute atomic E-state index is 11.1. The third-order valence-electron chi connectivity index (χ3n) is 3.75. The maximum Gasteiger partial charge on any atom is 0.174 e. The van der Waals surface area contributed by atoms with Crippen molar-refractivity contribution in [2.75, 3.05) is 19.0 Å². The molecule has 0 N–H and O–H groups in total. The number of halogens is 3. The predicted octanol–water partition coefficient (Wildman–Crippen LogP) is 3.86. The lowest BCUT2D eigenvalue weighted by molar-refractivity contribution is -0.0000158. The largest absolute Gasteiger partial charge is 1.00 e. The van der Waals surface area contributed by atoms with E-state index >= 15 is 0 Å². The molecular weight excluding hydrogens is 630 g/mol. The van der Waals surface area contributed by atoms with Crippen molar-refractivity contribution in [3.05, 3.63) is 88.7 Å². The zero-order chi connectivity index (χ0) is 23.9. The van der Waals surface area contributed by atoms with Crippen LogP contribution in [0.25, 0.3) is 5.76 Å². The third-order valence-corrected chi connectivity index (χ3v) is 4.69. The Labute approximate surface area is 230 Å². The van der Waals surface area contributed by atoms with Gasteiger partial charge in [-0.3, -0.25) is 19.7 Å². The van der Waals surface area contributed by atoms with Crippen LogP contribution < -0.4 is 21.7 Å². The number of Topliss-reactive ketones (excluding diaryl/α,β-unsaturated/α-hetero) is 1. The summed E-state index contributed by atoms with van der Waals surface area (Å²) in [5.41, 5.74) is 3.75. The van der Waals surface area contributed by atoms with Gasteiger partial charge in [0, 0.05) is 46.6 Å². The molecule has 0 atom stereocenters. The first kappa shape index (κ1) is 34.1. The van der Waals surface area contributed by atoms with E-state index in [1.807, 2.05) is 45.2 Å². The minimum atomic E-state index is 0. The zero-order valence-electron chi connectivity index (χ0n) is 19.0. The number of carbonyl (C=O) groups is 1. The van der Waals surface area contributed by atoms with Crippen molar-refractivity contribution in [1.82, 2.24) is 15.0 Å². The predicted molar refractivity (Wildman–Crippen MR) is 142 cm³/mol. The minimum Gasteiger partial charge on any atom is -1.00 e. The van der Waals surface area contributed by atoms with Gasteiger partial charge in [0.05, 0.1) is 25.2 Å². The van der Waals surface area contributed by atoms with Crippen LogP contribution in [0, 0.1) is 13.8 Å². The van der Waals surface area contributed by atoms with Crippen molar-refractivity contribution in [2.24, 2.45) is 0 Å². The van der Waals surface area contributed by atoms with Gasteiger partial charge in [0.15, 0.2) is 5.78 Å². The Morgan fingerprint density at radius 2 is 1.47 bits per heavy atom. The summed E-state index contributed by atoms with van der Waals surface area (Å²) >= 11 is 6.36. The first-order valence-corrected chi connectivity index (χ1v) is 11.6. The fraction of sp³-hybridized carbons (Fsp3) is 0.280. The number of aromatic nitrogens is 3. The molecule has 9 heteroatoms. The Morgan fingerprint density at radius 3 is 1.91 bits per heavy atom. The molecule has 0 bridgehead atoms. The molecule has 3 rings (SSSR count). The summed E-state index contributed by atoms with van der Waals surface area (Å²) in [5, 5.41) is 0.359. The molecular formula is C25H31Br3N3O3-. The van der Waals surface area contributed by atoms with E-state index in [-0.39, 0.29) is 30.2 Å². The Morgan fingerprint density at radius 1 is 0.941 bits per heavy atom. The second-order valence-corrected chi connectivity index (χ2v) is 7.93. The summed E-state index contributed by atoms with van der Waals surface area (Å²) < 4.78 is 11.1. The van der Waals surface area contributed by atoms with Gasteiger partial charge >= 0.3 is 0 Å². The van der Waals surface area contributed by atoms with Crippen LogP contribution in [0.5, 0.6) is 5.75 Å². The highest BCUT2D eigenvalue weighted by Crippen LogP contribution is 2.14. The molecule has 0 unspecified atom stereocenters. The number of carbonyl (C=O) groups excluding carboxylic acids is 1. The minimum absolute atomic E-state index is 0. The van der Waals surface area contributed by atoms with Gasteiger partial charge in [0.1, 0.15) is 11.5 Å². The topological polar surface area (TPSA) is 74.2 Å². The molecule has 0 radical (unpaired) electrons. The summed E-state index contributed by atoms with van der Waals surface area (Å²) in [6.45, 7) is 10.3. The quantitative estimate of drug-likeness (QED) is 0.227. The molecule has 0 aliphatic carbocycles. The van der Waals surface area contributed by atoms with Crippen LogP contribution >= 0.6 is 31.9 Å². The van der Waals surface area contributed by atoms with Crippen LogP contribution in [0.1, 0.15) is 41.4 Å². The van der Waals surface area contributed by atoms with Gasteiger partial charge in [0.25, 0.3) is 0 Å². The van der Waals surface area contributed by atoms with Gasteiger partial charge in [-0.25, -0.2) is 0 Å². The van der Waals surface area contributed by atoms with Gasteiger partial charge < -0.3 is 26.5 Å². The van der Waals surface area contributed by atoms with E-state index in [0.717, 1.165) is 26.9 Å². The summed E-state index contributed by atoms with van der Waals surface area (Å²) in [7, 11) is 1.61. The van der Waals surface area contributed by atoms with Crippen LogP contribution in [0.3, 0.4) is 0 Å². The monoisotopic (exact) mass is 658 g/mol. The molecule has 0 amide bonds. The standard InChI is InChI=1S/C10H13NO.C8H8BrNO.C6H6BrNO.CH4.BrH/c1-4-12-9(3)10-5-8(2)6-11-7-10;1-6-2-7(5-10-4-6)8(11)3-9;1-9-6-2-5(7)3-8-4-6;;/h5-7H,3-4H2,1-2H3;2,4-5H,3H2,1H3;2-4H,1H3;1H4;1H/p-1. The SMILES string of the molecule is C.C=C(OCC)c1cncc(C)c1.COc1cncc(Br)c1.Cc1cncc(C(=O)CBr)c1.[Br-]. The van der Waals surface area contributed by atoms with Crippen molar-refractivity contribution in [2.45, 2.75) is 28.2 Å². The summed E-state index contributed by atoms with van der Waals surface area (Å²) in [4.78, 5) is 22.9. The van der Waals surface area contributed by atoms with Gasteiger partial charge in [-0.15, -0.1) is 0 Å². The van der Waals surface area contributed by atoms with Crippen molar-refractivity contribution in [3.8, 4) is 5.75 Å². The average molecular weight is 661 g/mol. The van der Waals surface area contributed by atoms with Crippen molar-refractivity contribution >= 4 is 43.4 Å². The van der Waals surface area contributed by atoms with Crippen molar-refractivity contribution < 1.29 is 31.2 Å². The van der Waals surface area contributed by atoms with Gasteiger partial charge in [0.2, 0.25) is 0 Å². The first-order chi connectivity index (χ1) is 15.3. The fourth-order valence-electron chi connectivity index (χ4n) is 2.25. The summed E-state index contributed by atoms with van der Waals surface area (Å²) in [6, 6.07) is 5.69. The lowest BCUT2D eigenvalue weighted by Crippen LogP contribution is -3.00. The van der Waals surface area contributed by atoms with E-state index in [9.17, 15) is 4.79 Å². The molecule has 186 valence electrons. The molecule has 0 saturated heterocycles. The maximum atomic E-state index is 11.1. The highest BCUT2D eigenvalue weighted by molar-refractivity contribution is 9.10. The second kappa shape index (κ2) is 19.2. The van der Waals surface area contributed by atoms with E-state index in [2.05, 4.69) is 53.4 Å². The number of pyridine rings is 3. The van der Waals surface area contributed by atoms with Crippen LogP contribution in [-0.2, 0) is 4.74 Å². The Kier molecular flexibility index (Phi) is 19.3. The molecule has 0 aliphatic rings.